The maximum absolute atomic E-state index is 13.4. The molecule has 2 heterocycles. The van der Waals surface area contributed by atoms with Crippen LogP contribution in [0.1, 0.15) is 32.5 Å². The molecule has 1 unspecified atom stereocenters. The van der Waals surface area contributed by atoms with Crippen LogP contribution in [0.4, 0.5) is 5.13 Å². The number of rotatable bonds is 9. The summed E-state index contributed by atoms with van der Waals surface area (Å²) in [6.07, 6.45) is 4.27. The van der Waals surface area contributed by atoms with Crippen molar-refractivity contribution in [1.29, 1.82) is 0 Å². The number of phenolic OH excluding ortho intramolecular Hbond substituents is 1. The number of aromatic hydroxyl groups is 1. The maximum Gasteiger partial charge on any atom is 0.350 e. The Labute approximate surface area is 222 Å². The molecule has 194 valence electrons. The number of aliphatic hydroxyl groups is 1. The molecule has 9 nitrogen and oxygen atoms in total. The van der Waals surface area contributed by atoms with E-state index in [0.29, 0.717) is 11.3 Å². The lowest BCUT2D eigenvalue weighted by Crippen LogP contribution is -2.30. The molecule has 2 N–H and O–H groups in total. The molecule has 4 rings (SSSR count). The van der Waals surface area contributed by atoms with Crippen molar-refractivity contribution in [1.82, 2.24) is 4.98 Å². The molecular weight excluding hydrogens is 508 g/mol. The highest BCUT2D eigenvalue weighted by atomic mass is 32.1. The van der Waals surface area contributed by atoms with Gasteiger partial charge < -0.3 is 19.7 Å². The molecule has 38 heavy (non-hydrogen) atoms. The molecular formula is C28H24N2O7S. The molecule has 0 radical (unpaired) electrons. The van der Waals surface area contributed by atoms with E-state index in [2.05, 4.69) is 11.6 Å². The summed E-state index contributed by atoms with van der Waals surface area (Å²) in [6.45, 7) is 5.10. The second kappa shape index (κ2) is 11.1. The Morgan fingerprint density at radius 1 is 1.18 bits per heavy atom. The highest BCUT2D eigenvalue weighted by Gasteiger charge is 2.45. The summed E-state index contributed by atoms with van der Waals surface area (Å²) in [6, 6.07) is 12.3. The fourth-order valence-corrected chi connectivity index (χ4v) is 4.92. The monoisotopic (exact) mass is 532 g/mol. The number of esters is 1. The number of carbonyl (C=O) groups is 3. The highest BCUT2D eigenvalue weighted by molar-refractivity contribution is 7.17. The summed E-state index contributed by atoms with van der Waals surface area (Å²) in [5.41, 5.74) is 1.26. The minimum atomic E-state index is -1.12. The predicted octanol–water partition coefficient (Wildman–Crippen LogP) is 4.69. The van der Waals surface area contributed by atoms with Gasteiger partial charge in [0, 0.05) is 0 Å². The van der Waals surface area contributed by atoms with Crippen molar-refractivity contribution in [2.24, 2.45) is 0 Å². The Balaban J connectivity index is 1.81. The number of nitrogens with zero attached hydrogens (tertiary/aromatic N) is 2. The van der Waals surface area contributed by atoms with E-state index in [4.69, 9.17) is 9.47 Å². The number of aliphatic hydroxyl groups excluding tert-OH is 1. The van der Waals surface area contributed by atoms with E-state index in [9.17, 15) is 24.6 Å². The van der Waals surface area contributed by atoms with Crippen LogP contribution in [-0.2, 0) is 14.3 Å². The average molecular weight is 533 g/mol. The molecule has 1 aliphatic rings. The zero-order chi connectivity index (χ0) is 27.4. The summed E-state index contributed by atoms with van der Waals surface area (Å²) in [5.74, 6) is -2.88. The third-order valence-corrected chi connectivity index (χ3v) is 6.87. The van der Waals surface area contributed by atoms with Gasteiger partial charge in [-0.05, 0) is 36.3 Å². The van der Waals surface area contributed by atoms with Gasteiger partial charge in [-0.1, -0.05) is 66.5 Å². The Hall–Kier alpha value is -4.70. The number of benzene rings is 2. The average Bonchev–Trinajstić information content (AvgIpc) is 3.43. The van der Waals surface area contributed by atoms with Crippen LogP contribution in [0, 0.1) is 6.92 Å². The number of carbonyl (C=O) groups excluding carboxylic acids is 3. The van der Waals surface area contributed by atoms with Gasteiger partial charge >= 0.3 is 5.97 Å². The van der Waals surface area contributed by atoms with Crippen molar-refractivity contribution in [3.63, 3.8) is 0 Å². The predicted molar refractivity (Wildman–Crippen MR) is 142 cm³/mol. The topological polar surface area (TPSA) is 126 Å². The fraction of sp³-hybridized carbons (Fsp3) is 0.143. The zero-order valence-corrected chi connectivity index (χ0v) is 21.4. The number of allylic oxidation sites excluding steroid dienone is 1. The summed E-state index contributed by atoms with van der Waals surface area (Å²) >= 11 is 0.894. The van der Waals surface area contributed by atoms with Gasteiger partial charge in [-0.25, -0.2) is 9.78 Å². The van der Waals surface area contributed by atoms with E-state index < -0.39 is 29.5 Å². The Kier molecular flexibility index (Phi) is 7.73. The van der Waals surface area contributed by atoms with Crippen molar-refractivity contribution in [3.05, 3.63) is 100 Å². The fourth-order valence-electron chi connectivity index (χ4n) is 3.93. The van der Waals surface area contributed by atoms with Crippen LogP contribution < -0.4 is 9.64 Å². The molecule has 3 aromatic rings. The summed E-state index contributed by atoms with van der Waals surface area (Å²) in [4.78, 5) is 44.9. The van der Waals surface area contributed by atoms with E-state index >= 15 is 0 Å². The largest absolute Gasteiger partial charge is 0.504 e. The molecule has 0 spiro atoms. The standard InChI is InChI=1S/C28H24N2O7S/c1-4-14-37-27(35)25-16(2)29-28(38-25)30-23(18-11-13-19(31)21(15-18)36-3)22(24(33)26(30)34)20(32)12-10-17-8-6-5-7-9-17/h4-13,15,23,31,33H,1,14H2,2-3H3. The van der Waals surface area contributed by atoms with Gasteiger partial charge in [0.15, 0.2) is 28.2 Å². The number of aryl methyl sites for hydroxylation is 1. The Morgan fingerprint density at radius 3 is 2.61 bits per heavy atom. The molecule has 1 atom stereocenters. The van der Waals surface area contributed by atoms with Crippen molar-refractivity contribution in [2.45, 2.75) is 13.0 Å². The van der Waals surface area contributed by atoms with E-state index in [1.165, 1.54) is 37.5 Å². The first-order valence-electron chi connectivity index (χ1n) is 11.4. The molecule has 1 amide bonds. The molecule has 0 aliphatic carbocycles. The first-order chi connectivity index (χ1) is 18.3. The minimum Gasteiger partial charge on any atom is -0.504 e. The Morgan fingerprint density at radius 2 is 1.92 bits per heavy atom. The third-order valence-electron chi connectivity index (χ3n) is 5.73. The first-order valence-corrected chi connectivity index (χ1v) is 12.2. The minimum absolute atomic E-state index is 0.00117. The lowest BCUT2D eigenvalue weighted by atomic mass is 9.95. The Bertz CT molecular complexity index is 1470. The molecule has 10 heteroatoms. The van der Waals surface area contributed by atoms with Gasteiger partial charge in [0.2, 0.25) is 0 Å². The van der Waals surface area contributed by atoms with Gasteiger partial charge in [-0.3, -0.25) is 14.5 Å². The van der Waals surface area contributed by atoms with Crippen molar-refractivity contribution >= 4 is 40.2 Å². The second-order valence-electron chi connectivity index (χ2n) is 8.18. The molecule has 0 bridgehead atoms. The molecule has 0 saturated carbocycles. The third kappa shape index (κ3) is 5.07. The molecule has 1 aliphatic heterocycles. The van der Waals surface area contributed by atoms with Crippen molar-refractivity contribution in [2.75, 3.05) is 18.6 Å². The number of methoxy groups -OCH3 is 1. The molecule has 0 fully saturated rings. The van der Waals surface area contributed by atoms with Crippen LogP contribution >= 0.6 is 11.3 Å². The van der Waals surface area contributed by atoms with Gasteiger partial charge in [-0.2, -0.15) is 0 Å². The van der Waals surface area contributed by atoms with Gasteiger partial charge in [0.25, 0.3) is 5.91 Å². The summed E-state index contributed by atoms with van der Waals surface area (Å²) in [7, 11) is 1.36. The number of ether oxygens (including phenoxy) is 2. The van der Waals surface area contributed by atoms with Gasteiger partial charge in [0.05, 0.1) is 24.4 Å². The van der Waals surface area contributed by atoms with Crippen LogP contribution in [0.5, 0.6) is 11.5 Å². The van der Waals surface area contributed by atoms with E-state index in [-0.39, 0.29) is 33.7 Å². The molecule has 0 saturated heterocycles. The van der Waals surface area contributed by atoms with Crippen molar-refractivity contribution in [3.8, 4) is 11.5 Å². The van der Waals surface area contributed by atoms with Crippen LogP contribution in [0.2, 0.25) is 0 Å². The maximum atomic E-state index is 13.4. The first kappa shape index (κ1) is 26.4. The second-order valence-corrected chi connectivity index (χ2v) is 9.16. The van der Waals surface area contributed by atoms with Gasteiger partial charge in [-0.15, -0.1) is 0 Å². The number of anilines is 1. The van der Waals surface area contributed by atoms with Crippen LogP contribution in [0.15, 0.2) is 78.6 Å². The quantitative estimate of drug-likeness (QED) is 0.231. The number of thiazole rings is 1. The van der Waals surface area contributed by atoms with Crippen LogP contribution in [-0.4, -0.2) is 46.6 Å². The SMILES string of the molecule is C=CCOC(=O)c1sc(N2C(=O)C(O)=C(C(=O)C=Cc3ccccc3)C2c2ccc(O)c(OC)c2)nc1C. The molecule has 2 aromatic carbocycles. The normalized spacial score (nSPS) is 15.3. The lowest BCUT2D eigenvalue weighted by Gasteiger charge is -2.24. The van der Waals surface area contributed by atoms with E-state index in [1.54, 1.807) is 25.1 Å². The summed E-state index contributed by atoms with van der Waals surface area (Å²) in [5, 5.41) is 21.1. The van der Waals surface area contributed by atoms with E-state index in [1.807, 2.05) is 18.2 Å². The van der Waals surface area contributed by atoms with Gasteiger partial charge in [0.1, 0.15) is 11.5 Å². The lowest BCUT2D eigenvalue weighted by molar-refractivity contribution is -0.117. The number of phenols is 1. The number of aromatic nitrogens is 1. The number of ketones is 1. The molecule has 1 aromatic heterocycles. The van der Waals surface area contributed by atoms with Crippen LogP contribution in [0.3, 0.4) is 0 Å². The smallest absolute Gasteiger partial charge is 0.350 e. The summed E-state index contributed by atoms with van der Waals surface area (Å²) < 4.78 is 10.3. The number of hydrogen-bond donors (Lipinski definition) is 2. The van der Waals surface area contributed by atoms with E-state index in [0.717, 1.165) is 21.8 Å². The van der Waals surface area contributed by atoms with Crippen LogP contribution in [0.25, 0.3) is 6.08 Å². The number of hydrogen-bond acceptors (Lipinski definition) is 9. The van der Waals surface area contributed by atoms with Crippen molar-refractivity contribution < 1.29 is 34.1 Å². The number of amides is 1. The zero-order valence-electron chi connectivity index (χ0n) is 20.6. The highest BCUT2D eigenvalue weighted by Crippen LogP contribution is 2.44.